The highest BCUT2D eigenvalue weighted by Crippen LogP contribution is 2.27. The maximum atomic E-state index is 12.8. The topological polar surface area (TPSA) is 50.4 Å². The molecule has 0 bridgehead atoms. The summed E-state index contributed by atoms with van der Waals surface area (Å²) in [5, 5.41) is 7.75. The van der Waals surface area contributed by atoms with E-state index < -0.39 is 8.07 Å². The molecule has 4 nitrogen and oxygen atoms in total. The summed E-state index contributed by atoms with van der Waals surface area (Å²) >= 11 is 0. The lowest BCUT2D eigenvalue weighted by Gasteiger charge is -2.26. The molecule has 0 aliphatic carbocycles. The van der Waals surface area contributed by atoms with Crippen LogP contribution in [0, 0.1) is 0 Å². The van der Waals surface area contributed by atoms with Crippen molar-refractivity contribution in [2.75, 3.05) is 19.0 Å². The van der Waals surface area contributed by atoms with E-state index in [1.165, 1.54) is 10.8 Å². The number of anilines is 1. The van der Waals surface area contributed by atoms with Crippen LogP contribution in [0.1, 0.15) is 17.2 Å². The first-order chi connectivity index (χ1) is 11.9. The second-order valence-electron chi connectivity index (χ2n) is 7.52. The Balaban J connectivity index is 1.76. The molecule has 0 radical (unpaired) electrons. The fourth-order valence-electron chi connectivity index (χ4n) is 3.17. The van der Waals surface area contributed by atoms with Crippen LogP contribution in [-0.4, -0.2) is 27.6 Å². The Morgan fingerprint density at radius 1 is 1.16 bits per heavy atom. The maximum absolute atomic E-state index is 12.8. The average molecular weight is 355 g/mol. The lowest BCUT2D eigenvalue weighted by Crippen LogP contribution is -2.38. The highest BCUT2D eigenvalue weighted by molar-refractivity contribution is 6.88. The summed E-state index contributed by atoms with van der Waals surface area (Å²) < 4.78 is 5.29. The first-order valence-corrected chi connectivity index (χ1v) is 12.2. The zero-order valence-corrected chi connectivity index (χ0v) is 16.3. The van der Waals surface area contributed by atoms with Crippen LogP contribution in [0.2, 0.25) is 19.6 Å². The van der Waals surface area contributed by atoms with E-state index in [-0.39, 0.29) is 11.9 Å². The molecule has 1 unspecified atom stereocenters. The summed E-state index contributed by atoms with van der Waals surface area (Å²) in [7, 11) is 0.342. The molecule has 0 fully saturated rings. The predicted molar refractivity (Wildman–Crippen MR) is 105 cm³/mol. The summed E-state index contributed by atoms with van der Waals surface area (Å²) in [6.45, 7) is 7.74. The van der Waals surface area contributed by atoms with Crippen molar-refractivity contribution in [1.29, 1.82) is 0 Å². The van der Waals surface area contributed by atoms with E-state index in [1.807, 2.05) is 30.3 Å². The van der Waals surface area contributed by atoms with Crippen LogP contribution in [0.15, 0.2) is 42.5 Å². The number of benzene rings is 2. The summed E-state index contributed by atoms with van der Waals surface area (Å²) in [4.78, 5) is 12.8. The third-order valence-corrected chi connectivity index (χ3v) is 6.75. The van der Waals surface area contributed by atoms with E-state index in [9.17, 15) is 4.79 Å². The zero-order chi connectivity index (χ0) is 18.0. The number of hydrogen-bond donors (Lipinski definition) is 2. The van der Waals surface area contributed by atoms with Gasteiger partial charge in [0.15, 0.2) is 0 Å². The third kappa shape index (κ3) is 3.94. The van der Waals surface area contributed by atoms with Gasteiger partial charge >= 0.3 is 0 Å². The van der Waals surface area contributed by atoms with E-state index in [2.05, 4.69) is 42.4 Å². The third-order valence-electron chi connectivity index (χ3n) is 4.68. The Morgan fingerprint density at radius 2 is 1.88 bits per heavy atom. The standard InChI is InChI=1S/C20H26N2O2Si/c1-24-16-7-10-18-14(13-16)11-12-21-19(18)20(23)22-15-5-8-17(9-6-15)25(2,3)4/h5-10,13,19,21H,11-12H2,1-4H3,(H,22,23). The average Bonchev–Trinajstić information content (AvgIpc) is 2.60. The molecule has 1 heterocycles. The number of hydrogen-bond acceptors (Lipinski definition) is 3. The maximum Gasteiger partial charge on any atom is 0.246 e. The fourth-order valence-corrected chi connectivity index (χ4v) is 4.34. The molecule has 0 aromatic heterocycles. The molecule has 1 atom stereocenters. The number of fused-ring (bicyclic) bond motifs is 1. The van der Waals surface area contributed by atoms with Gasteiger partial charge in [0.2, 0.25) is 5.91 Å². The number of rotatable bonds is 4. The molecule has 0 spiro atoms. The van der Waals surface area contributed by atoms with Gasteiger partial charge in [-0.05, 0) is 41.8 Å². The summed E-state index contributed by atoms with van der Waals surface area (Å²) in [5.74, 6) is 0.814. The van der Waals surface area contributed by atoms with Crippen molar-refractivity contribution >= 4 is 24.9 Å². The number of carbonyl (C=O) groups excluding carboxylic acids is 1. The van der Waals surface area contributed by atoms with Crippen LogP contribution in [0.5, 0.6) is 5.75 Å². The van der Waals surface area contributed by atoms with Gasteiger partial charge in [-0.3, -0.25) is 4.79 Å². The molecule has 2 aromatic rings. The molecule has 0 saturated heterocycles. The molecule has 1 amide bonds. The van der Waals surface area contributed by atoms with Crippen LogP contribution < -0.4 is 20.6 Å². The number of methoxy groups -OCH3 is 1. The van der Waals surface area contributed by atoms with Crippen molar-refractivity contribution in [2.45, 2.75) is 32.1 Å². The van der Waals surface area contributed by atoms with Gasteiger partial charge in [0.05, 0.1) is 15.2 Å². The van der Waals surface area contributed by atoms with Crippen LogP contribution in [-0.2, 0) is 11.2 Å². The lowest BCUT2D eigenvalue weighted by atomic mass is 9.93. The van der Waals surface area contributed by atoms with Crippen molar-refractivity contribution in [2.24, 2.45) is 0 Å². The predicted octanol–water partition coefficient (Wildman–Crippen LogP) is 3.07. The zero-order valence-electron chi connectivity index (χ0n) is 15.3. The van der Waals surface area contributed by atoms with Crippen molar-refractivity contribution in [1.82, 2.24) is 5.32 Å². The second kappa shape index (κ2) is 7.02. The van der Waals surface area contributed by atoms with Crippen molar-refractivity contribution in [3.63, 3.8) is 0 Å². The quantitative estimate of drug-likeness (QED) is 0.830. The molecule has 1 aliphatic heterocycles. The minimum atomic E-state index is -1.32. The Morgan fingerprint density at radius 3 is 2.52 bits per heavy atom. The number of carbonyl (C=O) groups is 1. The van der Waals surface area contributed by atoms with E-state index in [0.717, 1.165) is 30.0 Å². The van der Waals surface area contributed by atoms with Gasteiger partial charge in [-0.2, -0.15) is 0 Å². The molecule has 1 aliphatic rings. The number of nitrogens with one attached hydrogen (secondary N) is 2. The molecule has 25 heavy (non-hydrogen) atoms. The molecular formula is C20H26N2O2Si. The van der Waals surface area contributed by atoms with E-state index in [4.69, 9.17) is 4.74 Å². The van der Waals surface area contributed by atoms with Gasteiger partial charge in [0.25, 0.3) is 0 Å². The fraction of sp³-hybridized carbons (Fsp3) is 0.350. The van der Waals surface area contributed by atoms with Crippen molar-refractivity contribution < 1.29 is 9.53 Å². The molecular weight excluding hydrogens is 328 g/mol. The SMILES string of the molecule is COc1ccc2c(c1)CCNC2C(=O)Nc1ccc([Si](C)(C)C)cc1. The van der Waals surface area contributed by atoms with Crippen LogP contribution in [0.4, 0.5) is 5.69 Å². The molecule has 0 saturated carbocycles. The Hall–Kier alpha value is -2.11. The smallest absolute Gasteiger partial charge is 0.246 e. The largest absolute Gasteiger partial charge is 0.497 e. The molecule has 2 N–H and O–H groups in total. The van der Waals surface area contributed by atoms with Crippen LogP contribution in [0.3, 0.4) is 0 Å². The van der Waals surface area contributed by atoms with Gasteiger partial charge in [0.1, 0.15) is 11.8 Å². The Kier molecular flexibility index (Phi) is 4.97. The molecule has 5 heteroatoms. The first kappa shape index (κ1) is 17.7. The minimum Gasteiger partial charge on any atom is -0.497 e. The number of amides is 1. The lowest BCUT2D eigenvalue weighted by molar-refractivity contribution is -0.118. The summed E-state index contributed by atoms with van der Waals surface area (Å²) in [6.07, 6.45) is 0.904. The van der Waals surface area contributed by atoms with Gasteiger partial charge in [0, 0.05) is 12.2 Å². The molecule has 132 valence electrons. The van der Waals surface area contributed by atoms with Gasteiger partial charge < -0.3 is 15.4 Å². The summed E-state index contributed by atoms with van der Waals surface area (Å²) in [5.41, 5.74) is 3.05. The minimum absolute atomic E-state index is 0.0214. The normalized spacial score (nSPS) is 16.9. The van der Waals surface area contributed by atoms with Crippen LogP contribution >= 0.6 is 0 Å². The van der Waals surface area contributed by atoms with E-state index in [1.54, 1.807) is 7.11 Å². The van der Waals surface area contributed by atoms with Crippen molar-refractivity contribution in [3.8, 4) is 5.75 Å². The van der Waals surface area contributed by atoms with E-state index >= 15 is 0 Å². The molecule has 2 aromatic carbocycles. The van der Waals surface area contributed by atoms with Crippen molar-refractivity contribution in [3.05, 3.63) is 53.6 Å². The van der Waals surface area contributed by atoms with Crippen LogP contribution in [0.25, 0.3) is 0 Å². The highest BCUT2D eigenvalue weighted by Gasteiger charge is 2.26. The highest BCUT2D eigenvalue weighted by atomic mass is 28.3. The Labute approximate surface area is 150 Å². The second-order valence-corrected chi connectivity index (χ2v) is 12.6. The summed E-state index contributed by atoms with van der Waals surface area (Å²) in [6, 6.07) is 13.9. The van der Waals surface area contributed by atoms with Gasteiger partial charge in [-0.15, -0.1) is 0 Å². The van der Waals surface area contributed by atoms with Gasteiger partial charge in [-0.1, -0.05) is 43.0 Å². The molecule has 3 rings (SSSR count). The van der Waals surface area contributed by atoms with Gasteiger partial charge in [-0.25, -0.2) is 0 Å². The first-order valence-electron chi connectivity index (χ1n) is 8.70. The van der Waals surface area contributed by atoms with E-state index in [0.29, 0.717) is 0 Å². The Bertz CT molecular complexity index is 766. The number of ether oxygens (including phenoxy) is 1. The monoisotopic (exact) mass is 354 g/mol.